The second kappa shape index (κ2) is 25.3. The molecule has 0 aromatic heterocycles. The molecule has 260 valence electrons. The third-order valence-electron chi connectivity index (χ3n) is 8.19. The molecule has 44 heavy (non-hydrogen) atoms. The van der Waals surface area contributed by atoms with Gasteiger partial charge in [-0.3, -0.25) is 4.18 Å². The van der Waals surface area contributed by atoms with Gasteiger partial charge < -0.3 is 33.9 Å². The molecule has 1 rings (SSSR count). The number of aliphatic hydroxyl groups is 2. The second-order valence-corrected chi connectivity index (χ2v) is 13.7. The van der Waals surface area contributed by atoms with Gasteiger partial charge in [-0.1, -0.05) is 71.1 Å². The molecule has 2 N–H and O–H groups in total. The monoisotopic (exact) mass is 650 g/mol. The first-order valence-electron chi connectivity index (χ1n) is 16.7. The van der Waals surface area contributed by atoms with Crippen LogP contribution in [0, 0.1) is 12.3 Å². The fourth-order valence-corrected chi connectivity index (χ4v) is 6.43. The highest BCUT2D eigenvalue weighted by Crippen LogP contribution is 2.31. The van der Waals surface area contributed by atoms with E-state index in [9.17, 15) is 18.6 Å². The van der Waals surface area contributed by atoms with Crippen molar-refractivity contribution in [2.24, 2.45) is 0 Å². The molecule has 1 fully saturated rings. The lowest BCUT2D eigenvalue weighted by molar-refractivity contribution is -0.160. The van der Waals surface area contributed by atoms with Crippen molar-refractivity contribution in [3.63, 3.8) is 0 Å². The Balaban J connectivity index is 2.55. The van der Waals surface area contributed by atoms with Gasteiger partial charge in [0.15, 0.2) is 0 Å². The Kier molecular flexibility index (Phi) is 23.7. The maximum atomic E-state index is 11.5. The van der Waals surface area contributed by atoms with Crippen LogP contribution >= 0.6 is 0 Å². The van der Waals surface area contributed by atoms with Crippen LogP contribution in [0.2, 0.25) is 0 Å². The van der Waals surface area contributed by atoms with Gasteiger partial charge >= 0.3 is 0 Å². The Morgan fingerprint density at radius 3 is 1.73 bits per heavy atom. The van der Waals surface area contributed by atoms with Crippen molar-refractivity contribution in [2.75, 3.05) is 34.1 Å². The molecular formula is C33H62O10S. The lowest BCUT2D eigenvalue weighted by Gasteiger charge is -2.28. The summed E-state index contributed by atoms with van der Waals surface area (Å²) in [6, 6.07) is 0. The van der Waals surface area contributed by atoms with Crippen LogP contribution in [0.25, 0.3) is 0 Å². The van der Waals surface area contributed by atoms with Crippen LogP contribution in [0.15, 0.2) is 0 Å². The zero-order chi connectivity index (χ0) is 32.6. The van der Waals surface area contributed by atoms with Crippen LogP contribution in [0.5, 0.6) is 0 Å². The maximum Gasteiger partial charge on any atom is 0.264 e. The summed E-state index contributed by atoms with van der Waals surface area (Å²) in [5.74, 6) is 2.39. The van der Waals surface area contributed by atoms with E-state index in [-0.39, 0.29) is 63.7 Å². The minimum absolute atomic E-state index is 0.0606. The van der Waals surface area contributed by atoms with E-state index in [1.165, 1.54) is 57.8 Å². The van der Waals surface area contributed by atoms with Gasteiger partial charge in [-0.2, -0.15) is 8.42 Å². The van der Waals surface area contributed by atoms with Crippen molar-refractivity contribution in [1.82, 2.24) is 0 Å². The first-order chi connectivity index (χ1) is 21.1. The molecule has 0 radical (unpaired) electrons. The molecule has 0 amide bonds. The van der Waals surface area contributed by atoms with Crippen molar-refractivity contribution in [1.29, 1.82) is 0 Å². The van der Waals surface area contributed by atoms with Crippen LogP contribution in [0.1, 0.15) is 122 Å². The normalized spacial score (nSPS) is 20.7. The second-order valence-electron chi connectivity index (χ2n) is 12.1. The smallest absolute Gasteiger partial charge is 0.264 e. The maximum absolute atomic E-state index is 11.5. The summed E-state index contributed by atoms with van der Waals surface area (Å²) >= 11 is 0. The van der Waals surface area contributed by atoms with Crippen molar-refractivity contribution in [3.8, 4) is 12.3 Å². The molecule has 7 atom stereocenters. The van der Waals surface area contributed by atoms with Crippen LogP contribution in [-0.2, 0) is 38.0 Å². The average molecular weight is 651 g/mol. The van der Waals surface area contributed by atoms with Gasteiger partial charge in [0.1, 0.15) is 13.6 Å². The van der Waals surface area contributed by atoms with Crippen LogP contribution in [0.4, 0.5) is 0 Å². The molecule has 1 aliphatic rings. The number of terminal acetylenes is 1. The standard InChI is InChI=1S/C33H62O10S/c1-6-8-9-10-11-12-13-14-15-16-18-30(40-25-38-3)32-23-24-33(42-32)31(41-26-39-4)22-21-29(35)28(34)20-19-27(17-7-2)43-44(5,36)37/h2,27-35H,6,8-26H2,1,3-5H3/t27-,28-,29-,30+,31+,32+,33+/m0/s1. The highest BCUT2D eigenvalue weighted by molar-refractivity contribution is 7.86. The molecule has 11 heteroatoms. The van der Waals surface area contributed by atoms with E-state index < -0.39 is 28.4 Å². The zero-order valence-electron chi connectivity index (χ0n) is 27.8. The minimum atomic E-state index is -3.68. The molecule has 0 saturated carbocycles. The summed E-state index contributed by atoms with van der Waals surface area (Å²) in [5.41, 5.74) is 0. The molecule has 0 aromatic carbocycles. The van der Waals surface area contributed by atoms with Gasteiger partial charge in [0.25, 0.3) is 10.1 Å². The Morgan fingerprint density at radius 2 is 1.25 bits per heavy atom. The van der Waals surface area contributed by atoms with Gasteiger partial charge in [-0.25, -0.2) is 0 Å². The highest BCUT2D eigenvalue weighted by Gasteiger charge is 2.37. The Hall–Kier alpha value is -0.810. The van der Waals surface area contributed by atoms with E-state index in [2.05, 4.69) is 12.8 Å². The largest absolute Gasteiger partial charge is 0.390 e. The Labute approximate surface area is 268 Å². The van der Waals surface area contributed by atoms with E-state index in [4.69, 9.17) is 34.3 Å². The number of aliphatic hydroxyl groups excluding tert-OH is 2. The molecule has 1 aliphatic heterocycles. The highest BCUT2D eigenvalue weighted by atomic mass is 32.2. The predicted octanol–water partition coefficient (Wildman–Crippen LogP) is 5.47. The van der Waals surface area contributed by atoms with E-state index in [1.807, 2.05) is 0 Å². The summed E-state index contributed by atoms with van der Waals surface area (Å²) in [4.78, 5) is 0. The first-order valence-corrected chi connectivity index (χ1v) is 18.5. The number of ether oxygens (including phenoxy) is 5. The zero-order valence-corrected chi connectivity index (χ0v) is 28.6. The Bertz CT molecular complexity index is 833. The molecule has 0 aromatic rings. The number of methoxy groups -OCH3 is 2. The number of unbranched alkanes of at least 4 members (excludes halogenated alkanes) is 9. The summed E-state index contributed by atoms with van der Waals surface area (Å²) in [6.45, 7) is 2.56. The molecule has 0 aliphatic carbocycles. The molecule has 1 heterocycles. The van der Waals surface area contributed by atoms with Gasteiger partial charge in [0.2, 0.25) is 0 Å². The molecule has 1 saturated heterocycles. The topological polar surface area (TPSA) is 130 Å². The number of hydrogen-bond donors (Lipinski definition) is 2. The van der Waals surface area contributed by atoms with E-state index in [0.29, 0.717) is 6.42 Å². The lowest BCUT2D eigenvalue weighted by atomic mass is 9.97. The Morgan fingerprint density at radius 1 is 0.773 bits per heavy atom. The van der Waals surface area contributed by atoms with E-state index in [1.54, 1.807) is 14.2 Å². The molecule has 0 spiro atoms. The minimum Gasteiger partial charge on any atom is -0.390 e. The van der Waals surface area contributed by atoms with Gasteiger partial charge in [-0.05, 0) is 44.9 Å². The van der Waals surface area contributed by atoms with Crippen LogP contribution < -0.4 is 0 Å². The van der Waals surface area contributed by atoms with Gasteiger partial charge in [0.05, 0.1) is 49.0 Å². The van der Waals surface area contributed by atoms with Crippen LogP contribution in [0.3, 0.4) is 0 Å². The number of rotatable bonds is 29. The molecule has 0 unspecified atom stereocenters. The van der Waals surface area contributed by atoms with Crippen molar-refractivity contribution in [2.45, 2.75) is 165 Å². The van der Waals surface area contributed by atoms with Crippen LogP contribution in [-0.4, -0.2) is 95.4 Å². The fourth-order valence-electron chi connectivity index (χ4n) is 5.77. The number of hydrogen-bond acceptors (Lipinski definition) is 10. The third-order valence-corrected chi connectivity index (χ3v) is 8.81. The summed E-state index contributed by atoms with van der Waals surface area (Å²) in [7, 11) is -0.503. The van der Waals surface area contributed by atoms with E-state index in [0.717, 1.165) is 31.9 Å². The van der Waals surface area contributed by atoms with Gasteiger partial charge in [-0.15, -0.1) is 12.3 Å². The average Bonchev–Trinajstić information content (AvgIpc) is 3.47. The van der Waals surface area contributed by atoms with Crippen molar-refractivity contribution >= 4 is 10.1 Å². The predicted molar refractivity (Wildman–Crippen MR) is 172 cm³/mol. The van der Waals surface area contributed by atoms with E-state index >= 15 is 0 Å². The summed E-state index contributed by atoms with van der Waals surface area (Å²) in [5, 5.41) is 21.2. The summed E-state index contributed by atoms with van der Waals surface area (Å²) < 4.78 is 56.8. The first kappa shape index (κ1) is 41.2. The van der Waals surface area contributed by atoms with Gasteiger partial charge in [0, 0.05) is 20.6 Å². The quantitative estimate of drug-likeness (QED) is 0.0465. The fraction of sp³-hybridized carbons (Fsp3) is 0.939. The van der Waals surface area contributed by atoms with Crippen molar-refractivity contribution < 1.29 is 46.5 Å². The molecular weight excluding hydrogens is 588 g/mol. The summed E-state index contributed by atoms with van der Waals surface area (Å²) in [6.07, 6.45) is 19.3. The SMILES string of the molecule is C#CC[C@@H](CC[C@H](O)[C@@H](O)CC[C@@H](OCOC)[C@H]1CC[C@H]([C@@H](CCCCCCCCCCCC)OCOC)O1)OS(C)(=O)=O. The third kappa shape index (κ3) is 19.6. The molecule has 10 nitrogen and oxygen atoms in total. The van der Waals surface area contributed by atoms with Crippen molar-refractivity contribution in [3.05, 3.63) is 0 Å². The molecule has 0 bridgehead atoms. The lowest BCUT2D eigenvalue weighted by Crippen LogP contribution is -2.36.